The van der Waals surface area contributed by atoms with Gasteiger partial charge in [0.05, 0.1) is 7.11 Å². The molecule has 0 radical (unpaired) electrons. The van der Waals surface area contributed by atoms with Crippen molar-refractivity contribution in [1.29, 1.82) is 0 Å². The smallest absolute Gasteiger partial charge is 0.421 e. The van der Waals surface area contributed by atoms with Crippen LogP contribution in [-0.2, 0) is 11.3 Å². The summed E-state index contributed by atoms with van der Waals surface area (Å²) in [6, 6.07) is 6.31. The molecule has 0 spiro atoms. The first-order chi connectivity index (χ1) is 6.74. The zero-order valence-electron chi connectivity index (χ0n) is 7.71. The molecule has 0 bridgehead atoms. The van der Waals surface area contributed by atoms with Gasteiger partial charge in [0.25, 0.3) is 0 Å². The molecule has 2 N–H and O–H groups in total. The highest BCUT2D eigenvalue weighted by Crippen LogP contribution is 2.04. The molecule has 0 unspecified atom stereocenters. The largest absolute Gasteiger partial charge is 0.452 e. The molecule has 0 aromatic heterocycles. The first-order valence-corrected chi connectivity index (χ1v) is 4.04. The van der Waals surface area contributed by atoms with Crippen LogP contribution in [0.2, 0.25) is 0 Å². The number of carbonyl (C=O) groups is 1. The first-order valence-electron chi connectivity index (χ1n) is 4.04. The number of hydrogen-bond donors (Lipinski definition) is 2. The SMILES string of the molecule is COC(=O)NNCc1ccccc1F. The van der Waals surface area contributed by atoms with Gasteiger partial charge < -0.3 is 4.74 Å². The lowest BCUT2D eigenvalue weighted by Crippen LogP contribution is -2.36. The van der Waals surface area contributed by atoms with Crippen molar-refractivity contribution in [3.05, 3.63) is 35.6 Å². The van der Waals surface area contributed by atoms with Crippen molar-refractivity contribution in [2.45, 2.75) is 6.54 Å². The molecule has 14 heavy (non-hydrogen) atoms. The average molecular weight is 198 g/mol. The van der Waals surface area contributed by atoms with Gasteiger partial charge in [-0.3, -0.25) is 5.43 Å². The van der Waals surface area contributed by atoms with Crippen molar-refractivity contribution in [1.82, 2.24) is 10.9 Å². The molecule has 0 aliphatic rings. The highest BCUT2D eigenvalue weighted by molar-refractivity contribution is 5.66. The first kappa shape index (κ1) is 10.5. The highest BCUT2D eigenvalue weighted by atomic mass is 19.1. The number of methoxy groups -OCH3 is 1. The Labute approximate surface area is 81.0 Å². The Morgan fingerprint density at radius 3 is 2.86 bits per heavy atom. The fourth-order valence-corrected chi connectivity index (χ4v) is 0.904. The summed E-state index contributed by atoms with van der Waals surface area (Å²) in [6.45, 7) is 0.210. The number of benzene rings is 1. The average Bonchev–Trinajstić information content (AvgIpc) is 2.20. The number of carbonyl (C=O) groups excluding carboxylic acids is 1. The lowest BCUT2D eigenvalue weighted by atomic mass is 10.2. The molecule has 0 aliphatic carbocycles. The summed E-state index contributed by atoms with van der Waals surface area (Å²) >= 11 is 0. The van der Waals surface area contributed by atoms with Crippen LogP contribution in [0.4, 0.5) is 9.18 Å². The predicted molar refractivity (Wildman–Crippen MR) is 48.8 cm³/mol. The zero-order valence-corrected chi connectivity index (χ0v) is 7.71. The van der Waals surface area contributed by atoms with E-state index in [0.717, 1.165) is 0 Å². The van der Waals surface area contributed by atoms with Crippen LogP contribution in [0, 0.1) is 5.82 Å². The van der Waals surface area contributed by atoms with Crippen LogP contribution < -0.4 is 10.9 Å². The maximum Gasteiger partial charge on any atom is 0.421 e. The third-order valence-corrected chi connectivity index (χ3v) is 1.61. The second kappa shape index (κ2) is 5.18. The number of halogens is 1. The lowest BCUT2D eigenvalue weighted by molar-refractivity contribution is 0.165. The van der Waals surface area contributed by atoms with Gasteiger partial charge in [-0.05, 0) is 6.07 Å². The van der Waals surface area contributed by atoms with E-state index in [1.54, 1.807) is 18.2 Å². The van der Waals surface area contributed by atoms with Gasteiger partial charge in [0.15, 0.2) is 0 Å². The molecule has 5 heteroatoms. The van der Waals surface area contributed by atoms with E-state index in [9.17, 15) is 9.18 Å². The molecule has 0 atom stereocenters. The van der Waals surface area contributed by atoms with Gasteiger partial charge in [0, 0.05) is 12.1 Å². The molecule has 0 saturated heterocycles. The van der Waals surface area contributed by atoms with Crippen molar-refractivity contribution < 1.29 is 13.9 Å². The Kier molecular flexibility index (Phi) is 3.87. The Morgan fingerprint density at radius 2 is 2.21 bits per heavy atom. The molecule has 1 aromatic rings. The standard InChI is InChI=1S/C9H11FN2O2/c1-14-9(13)12-11-6-7-4-2-3-5-8(7)10/h2-5,11H,6H2,1H3,(H,12,13). The molecule has 0 fully saturated rings. The van der Waals surface area contributed by atoms with Crippen LogP contribution in [0.3, 0.4) is 0 Å². The maximum atomic E-state index is 13.0. The number of hydrogen-bond acceptors (Lipinski definition) is 3. The summed E-state index contributed by atoms with van der Waals surface area (Å²) in [4.78, 5) is 10.6. The molecule has 1 aromatic carbocycles. The van der Waals surface area contributed by atoms with E-state index < -0.39 is 6.09 Å². The fourth-order valence-electron chi connectivity index (χ4n) is 0.904. The van der Waals surface area contributed by atoms with Crippen molar-refractivity contribution in [3.8, 4) is 0 Å². The molecular weight excluding hydrogens is 187 g/mol. The molecule has 1 rings (SSSR count). The zero-order chi connectivity index (χ0) is 10.4. The van der Waals surface area contributed by atoms with Gasteiger partial charge in [-0.2, -0.15) is 0 Å². The van der Waals surface area contributed by atoms with Gasteiger partial charge >= 0.3 is 6.09 Å². The quantitative estimate of drug-likeness (QED) is 0.717. The van der Waals surface area contributed by atoms with Crippen molar-refractivity contribution >= 4 is 6.09 Å². The minimum absolute atomic E-state index is 0.210. The van der Waals surface area contributed by atoms with Crippen molar-refractivity contribution in [2.75, 3.05) is 7.11 Å². The summed E-state index contributed by atoms with van der Waals surface area (Å²) in [5.74, 6) is -0.313. The Balaban J connectivity index is 2.39. The van der Waals surface area contributed by atoms with E-state index in [1.165, 1.54) is 13.2 Å². The third kappa shape index (κ3) is 3.02. The molecule has 1 amide bonds. The summed E-state index contributed by atoms with van der Waals surface area (Å²) in [5.41, 5.74) is 5.23. The molecule has 4 nitrogen and oxygen atoms in total. The molecule has 76 valence electrons. The van der Waals surface area contributed by atoms with E-state index in [2.05, 4.69) is 15.6 Å². The minimum Gasteiger partial charge on any atom is -0.452 e. The fraction of sp³-hybridized carbons (Fsp3) is 0.222. The summed E-state index contributed by atoms with van der Waals surface area (Å²) in [6.07, 6.45) is -0.610. The van der Waals surface area contributed by atoms with E-state index in [4.69, 9.17) is 0 Å². The maximum absolute atomic E-state index is 13.0. The number of nitrogens with one attached hydrogen (secondary N) is 2. The number of ether oxygens (including phenoxy) is 1. The molecule has 0 aliphatic heterocycles. The van der Waals surface area contributed by atoms with Gasteiger partial charge in [-0.1, -0.05) is 18.2 Å². The highest BCUT2D eigenvalue weighted by Gasteiger charge is 2.00. The lowest BCUT2D eigenvalue weighted by Gasteiger charge is -2.06. The van der Waals surface area contributed by atoms with Crippen molar-refractivity contribution in [3.63, 3.8) is 0 Å². The second-order valence-corrected chi connectivity index (χ2v) is 2.56. The monoisotopic (exact) mass is 198 g/mol. The van der Waals surface area contributed by atoms with Crippen LogP contribution in [0.15, 0.2) is 24.3 Å². The van der Waals surface area contributed by atoms with E-state index >= 15 is 0 Å². The normalized spacial score (nSPS) is 9.57. The third-order valence-electron chi connectivity index (χ3n) is 1.61. The Hall–Kier alpha value is -1.62. The summed E-state index contributed by atoms with van der Waals surface area (Å²) in [7, 11) is 1.25. The van der Waals surface area contributed by atoms with Gasteiger partial charge in [-0.25, -0.2) is 14.6 Å². The summed E-state index contributed by atoms with van der Waals surface area (Å²) in [5, 5.41) is 0. The Bertz CT molecular complexity index is 317. The van der Waals surface area contributed by atoms with E-state index in [1.807, 2.05) is 0 Å². The Morgan fingerprint density at radius 1 is 1.50 bits per heavy atom. The minimum atomic E-state index is -0.610. The number of hydrazine groups is 1. The van der Waals surface area contributed by atoms with Crippen LogP contribution in [0.25, 0.3) is 0 Å². The van der Waals surface area contributed by atoms with E-state index in [0.29, 0.717) is 5.56 Å². The van der Waals surface area contributed by atoms with E-state index in [-0.39, 0.29) is 12.4 Å². The van der Waals surface area contributed by atoms with Crippen LogP contribution in [-0.4, -0.2) is 13.2 Å². The van der Waals surface area contributed by atoms with Gasteiger partial charge in [0.1, 0.15) is 5.82 Å². The van der Waals surface area contributed by atoms with Gasteiger partial charge in [-0.15, -0.1) is 0 Å². The van der Waals surface area contributed by atoms with Crippen molar-refractivity contribution in [2.24, 2.45) is 0 Å². The van der Waals surface area contributed by atoms with Crippen LogP contribution >= 0.6 is 0 Å². The summed E-state index contributed by atoms with van der Waals surface area (Å²) < 4.78 is 17.3. The molecule has 0 saturated carbocycles. The van der Waals surface area contributed by atoms with Crippen LogP contribution in [0.1, 0.15) is 5.56 Å². The number of rotatable bonds is 3. The molecule has 0 heterocycles. The number of amides is 1. The van der Waals surface area contributed by atoms with Crippen LogP contribution in [0.5, 0.6) is 0 Å². The topological polar surface area (TPSA) is 50.4 Å². The predicted octanol–water partition coefficient (Wildman–Crippen LogP) is 1.19. The second-order valence-electron chi connectivity index (χ2n) is 2.56. The van der Waals surface area contributed by atoms with Gasteiger partial charge in [0.2, 0.25) is 0 Å². The molecular formula is C9H11FN2O2.